The Morgan fingerprint density at radius 2 is 1.76 bits per heavy atom. The molecule has 4 saturated carbocycles. The second kappa shape index (κ2) is 7.65. The van der Waals surface area contributed by atoms with Crippen LogP contribution in [0, 0.1) is 33.3 Å². The van der Waals surface area contributed by atoms with Crippen LogP contribution in [0.5, 0.6) is 5.75 Å². The fourth-order valence-corrected chi connectivity index (χ4v) is 6.17. The highest BCUT2D eigenvalue weighted by atomic mass is 16.6. The van der Waals surface area contributed by atoms with Crippen molar-refractivity contribution in [3.05, 3.63) is 33.9 Å². The van der Waals surface area contributed by atoms with E-state index in [2.05, 4.69) is 10.9 Å². The monoisotopic (exact) mass is 401 g/mol. The first-order valence-electron chi connectivity index (χ1n) is 10.4. The van der Waals surface area contributed by atoms with Gasteiger partial charge in [-0.25, -0.2) is 0 Å². The second-order valence-corrected chi connectivity index (χ2v) is 8.97. The number of hydrazine groups is 1. The van der Waals surface area contributed by atoms with Crippen molar-refractivity contribution in [2.24, 2.45) is 23.2 Å². The molecule has 0 heterocycles. The zero-order valence-corrected chi connectivity index (χ0v) is 16.6. The number of amides is 2. The standard InChI is InChI=1S/C21H27N3O5/c1-2-29-18-4-3-16(8-17(18)24(27)28)20(26)23-22-19(25)12-21-9-13-5-14(10-21)7-15(6-13)11-21/h3-4,8,13-15H,2,5-7,9-12H2,1H3,(H,22,25)(H,23,26). The third-order valence-electron chi connectivity index (χ3n) is 6.73. The molecule has 156 valence electrons. The number of rotatable bonds is 6. The Balaban J connectivity index is 1.35. The van der Waals surface area contributed by atoms with Crippen molar-refractivity contribution in [3.8, 4) is 5.75 Å². The Hall–Kier alpha value is -2.64. The lowest BCUT2D eigenvalue weighted by molar-refractivity contribution is -0.385. The smallest absolute Gasteiger partial charge is 0.311 e. The highest BCUT2D eigenvalue weighted by Crippen LogP contribution is 2.61. The van der Waals surface area contributed by atoms with Gasteiger partial charge in [-0.1, -0.05) is 0 Å². The molecule has 5 rings (SSSR count). The van der Waals surface area contributed by atoms with E-state index in [4.69, 9.17) is 4.74 Å². The van der Waals surface area contributed by atoms with E-state index >= 15 is 0 Å². The van der Waals surface area contributed by atoms with E-state index in [9.17, 15) is 19.7 Å². The van der Waals surface area contributed by atoms with Crippen LogP contribution in [0.2, 0.25) is 0 Å². The van der Waals surface area contributed by atoms with Gasteiger partial charge in [0, 0.05) is 18.1 Å². The van der Waals surface area contributed by atoms with E-state index < -0.39 is 10.8 Å². The van der Waals surface area contributed by atoms with Gasteiger partial charge < -0.3 is 4.74 Å². The molecule has 4 aliphatic rings. The van der Waals surface area contributed by atoms with Crippen molar-refractivity contribution in [1.82, 2.24) is 10.9 Å². The summed E-state index contributed by atoms with van der Waals surface area (Å²) < 4.78 is 5.22. The van der Waals surface area contributed by atoms with E-state index in [1.807, 2.05) is 0 Å². The molecule has 8 heteroatoms. The van der Waals surface area contributed by atoms with E-state index in [-0.39, 0.29) is 34.9 Å². The Bertz CT molecular complexity index is 802. The molecule has 4 aliphatic carbocycles. The predicted molar refractivity (Wildman–Crippen MR) is 105 cm³/mol. The first-order chi connectivity index (χ1) is 13.9. The summed E-state index contributed by atoms with van der Waals surface area (Å²) in [4.78, 5) is 35.5. The molecule has 4 fully saturated rings. The van der Waals surface area contributed by atoms with Crippen LogP contribution in [0.3, 0.4) is 0 Å². The van der Waals surface area contributed by atoms with Crippen molar-refractivity contribution < 1.29 is 19.2 Å². The molecule has 2 N–H and O–H groups in total. The molecular formula is C21H27N3O5. The maximum Gasteiger partial charge on any atom is 0.311 e. The minimum atomic E-state index is -0.590. The maximum absolute atomic E-state index is 12.5. The van der Waals surface area contributed by atoms with Crippen LogP contribution in [-0.4, -0.2) is 23.3 Å². The van der Waals surface area contributed by atoms with Gasteiger partial charge in [-0.15, -0.1) is 0 Å². The largest absolute Gasteiger partial charge is 0.487 e. The van der Waals surface area contributed by atoms with Crippen molar-refractivity contribution in [2.45, 2.75) is 51.9 Å². The summed E-state index contributed by atoms with van der Waals surface area (Å²) in [5, 5.41) is 11.2. The molecule has 4 bridgehead atoms. The zero-order valence-electron chi connectivity index (χ0n) is 16.6. The van der Waals surface area contributed by atoms with Crippen molar-refractivity contribution in [3.63, 3.8) is 0 Å². The number of carbonyl (C=O) groups excluding carboxylic acids is 2. The molecule has 2 amide bonds. The molecule has 0 aromatic heterocycles. The van der Waals surface area contributed by atoms with Gasteiger partial charge >= 0.3 is 5.69 Å². The molecular weight excluding hydrogens is 374 g/mol. The number of benzene rings is 1. The normalized spacial score (nSPS) is 29.3. The summed E-state index contributed by atoms with van der Waals surface area (Å²) in [5.74, 6) is 1.60. The topological polar surface area (TPSA) is 111 Å². The number of nitrogens with zero attached hydrogens (tertiary/aromatic N) is 1. The van der Waals surface area contributed by atoms with Gasteiger partial charge in [0.2, 0.25) is 5.91 Å². The average molecular weight is 401 g/mol. The lowest BCUT2D eigenvalue weighted by Crippen LogP contribution is -2.50. The Morgan fingerprint density at radius 1 is 1.14 bits per heavy atom. The summed E-state index contributed by atoms with van der Waals surface area (Å²) >= 11 is 0. The van der Waals surface area contributed by atoms with Gasteiger partial charge in [-0.05, 0) is 80.8 Å². The van der Waals surface area contributed by atoms with Crippen molar-refractivity contribution >= 4 is 17.5 Å². The SMILES string of the molecule is CCOc1ccc(C(=O)NNC(=O)CC23CC4CC(CC(C4)C2)C3)cc1[N+](=O)[O-]. The van der Waals surface area contributed by atoms with Crippen LogP contribution in [0.1, 0.15) is 62.2 Å². The maximum atomic E-state index is 12.5. The number of nitrogens with one attached hydrogen (secondary N) is 2. The number of hydrogen-bond acceptors (Lipinski definition) is 5. The molecule has 0 saturated heterocycles. The van der Waals surface area contributed by atoms with E-state index in [0.717, 1.165) is 43.1 Å². The molecule has 0 radical (unpaired) electrons. The van der Waals surface area contributed by atoms with Crippen LogP contribution < -0.4 is 15.6 Å². The van der Waals surface area contributed by atoms with Gasteiger partial charge in [0.05, 0.1) is 11.5 Å². The van der Waals surface area contributed by atoms with Gasteiger partial charge in [0.15, 0.2) is 5.75 Å². The summed E-state index contributed by atoms with van der Waals surface area (Å²) in [6, 6.07) is 4.00. The third-order valence-corrected chi connectivity index (χ3v) is 6.73. The third kappa shape index (κ3) is 4.06. The molecule has 0 unspecified atom stereocenters. The average Bonchev–Trinajstić information content (AvgIpc) is 2.65. The summed E-state index contributed by atoms with van der Waals surface area (Å²) in [7, 11) is 0. The van der Waals surface area contributed by atoms with Crippen molar-refractivity contribution in [2.75, 3.05) is 6.61 Å². The van der Waals surface area contributed by atoms with Gasteiger partial charge in [0.1, 0.15) is 0 Å². The van der Waals surface area contributed by atoms with Crippen molar-refractivity contribution in [1.29, 1.82) is 0 Å². The van der Waals surface area contributed by atoms with E-state index in [0.29, 0.717) is 6.42 Å². The number of ether oxygens (including phenoxy) is 1. The summed E-state index contributed by atoms with van der Waals surface area (Å²) in [6.45, 7) is 2.01. The Morgan fingerprint density at radius 3 is 2.31 bits per heavy atom. The fraction of sp³-hybridized carbons (Fsp3) is 0.619. The highest BCUT2D eigenvalue weighted by molar-refractivity contribution is 5.96. The molecule has 0 aliphatic heterocycles. The minimum Gasteiger partial charge on any atom is -0.487 e. The van der Waals surface area contributed by atoms with Crippen LogP contribution in [-0.2, 0) is 4.79 Å². The van der Waals surface area contributed by atoms with Crippen LogP contribution >= 0.6 is 0 Å². The van der Waals surface area contributed by atoms with Crippen LogP contribution in [0.25, 0.3) is 0 Å². The first-order valence-corrected chi connectivity index (χ1v) is 10.4. The summed E-state index contributed by atoms with van der Waals surface area (Å²) in [5.41, 5.74) is 4.80. The van der Waals surface area contributed by atoms with E-state index in [1.165, 1.54) is 31.4 Å². The molecule has 8 nitrogen and oxygen atoms in total. The summed E-state index contributed by atoms with van der Waals surface area (Å²) in [6.07, 6.45) is 7.72. The number of nitro groups is 1. The van der Waals surface area contributed by atoms with E-state index in [1.54, 1.807) is 6.92 Å². The predicted octanol–water partition coefficient (Wildman–Crippen LogP) is 3.36. The minimum absolute atomic E-state index is 0.0848. The molecule has 1 aromatic carbocycles. The Kier molecular flexibility index (Phi) is 5.19. The molecule has 0 atom stereocenters. The molecule has 29 heavy (non-hydrogen) atoms. The highest BCUT2D eigenvalue weighted by Gasteiger charge is 2.51. The number of carbonyl (C=O) groups is 2. The number of hydrogen-bond donors (Lipinski definition) is 2. The van der Waals surface area contributed by atoms with Crippen LogP contribution in [0.4, 0.5) is 5.69 Å². The van der Waals surface area contributed by atoms with Gasteiger partial charge in [-0.3, -0.25) is 30.6 Å². The molecule has 1 aromatic rings. The molecule has 0 spiro atoms. The lowest BCUT2D eigenvalue weighted by atomic mass is 9.49. The fourth-order valence-electron chi connectivity index (χ4n) is 6.17. The lowest BCUT2D eigenvalue weighted by Gasteiger charge is -2.56. The second-order valence-electron chi connectivity index (χ2n) is 8.97. The number of nitro benzene ring substituents is 1. The van der Waals surface area contributed by atoms with Gasteiger partial charge in [-0.2, -0.15) is 0 Å². The van der Waals surface area contributed by atoms with Crippen LogP contribution in [0.15, 0.2) is 18.2 Å². The first kappa shape index (κ1) is 19.7. The zero-order chi connectivity index (χ0) is 20.6. The Labute approximate surface area is 169 Å². The quantitative estimate of drug-likeness (QED) is 0.561. The van der Waals surface area contributed by atoms with Gasteiger partial charge in [0.25, 0.3) is 5.91 Å².